The molecular formula is C12H20N2S. The molecule has 0 saturated carbocycles. The molecule has 1 heterocycles. The molecule has 0 bridgehead atoms. The van der Waals surface area contributed by atoms with Gasteiger partial charge in [-0.25, -0.2) is 0 Å². The van der Waals surface area contributed by atoms with Crippen LogP contribution in [0.3, 0.4) is 0 Å². The van der Waals surface area contributed by atoms with Gasteiger partial charge >= 0.3 is 0 Å². The number of hydrogen-bond acceptors (Lipinski definition) is 3. The van der Waals surface area contributed by atoms with Gasteiger partial charge in [0.05, 0.1) is 5.69 Å². The van der Waals surface area contributed by atoms with Crippen molar-refractivity contribution in [3.63, 3.8) is 0 Å². The molecule has 15 heavy (non-hydrogen) atoms. The Morgan fingerprint density at radius 3 is 3.00 bits per heavy atom. The molecule has 1 atom stereocenters. The first kappa shape index (κ1) is 12.5. The summed E-state index contributed by atoms with van der Waals surface area (Å²) in [5, 5.41) is 3.48. The van der Waals surface area contributed by atoms with Gasteiger partial charge in [-0.3, -0.25) is 4.98 Å². The van der Waals surface area contributed by atoms with Crippen LogP contribution in [0.25, 0.3) is 0 Å². The fraction of sp³-hybridized carbons (Fsp3) is 0.583. The Morgan fingerprint density at radius 1 is 1.47 bits per heavy atom. The van der Waals surface area contributed by atoms with E-state index >= 15 is 0 Å². The summed E-state index contributed by atoms with van der Waals surface area (Å²) in [4.78, 5) is 4.33. The van der Waals surface area contributed by atoms with Crippen LogP contribution in [0.15, 0.2) is 24.4 Å². The van der Waals surface area contributed by atoms with E-state index in [-0.39, 0.29) is 0 Å². The van der Waals surface area contributed by atoms with E-state index in [0.717, 1.165) is 12.2 Å². The highest BCUT2D eigenvalue weighted by molar-refractivity contribution is 7.99. The third-order valence-electron chi connectivity index (χ3n) is 2.25. The van der Waals surface area contributed by atoms with Crippen LogP contribution in [0.2, 0.25) is 0 Å². The molecule has 0 aliphatic heterocycles. The number of thioether (sulfide) groups is 1. The highest BCUT2D eigenvalue weighted by atomic mass is 32.2. The van der Waals surface area contributed by atoms with Crippen molar-refractivity contribution in [3.05, 3.63) is 30.1 Å². The maximum atomic E-state index is 4.33. The van der Waals surface area contributed by atoms with Gasteiger partial charge in [0.2, 0.25) is 0 Å². The molecule has 0 radical (unpaired) electrons. The van der Waals surface area contributed by atoms with Crippen molar-refractivity contribution in [2.24, 2.45) is 0 Å². The van der Waals surface area contributed by atoms with E-state index in [1.807, 2.05) is 30.1 Å². The second kappa shape index (κ2) is 7.71. The van der Waals surface area contributed by atoms with Gasteiger partial charge in [0.1, 0.15) is 0 Å². The summed E-state index contributed by atoms with van der Waals surface area (Å²) in [5.41, 5.74) is 1.13. The zero-order valence-electron chi connectivity index (χ0n) is 9.57. The van der Waals surface area contributed by atoms with Crippen molar-refractivity contribution in [3.8, 4) is 0 Å². The van der Waals surface area contributed by atoms with E-state index in [4.69, 9.17) is 0 Å². The second-order valence-electron chi connectivity index (χ2n) is 3.48. The van der Waals surface area contributed by atoms with Gasteiger partial charge in [-0.1, -0.05) is 13.0 Å². The third kappa shape index (κ3) is 5.19. The molecule has 0 aliphatic rings. The molecule has 0 spiro atoms. The zero-order valence-corrected chi connectivity index (χ0v) is 10.4. The number of nitrogens with one attached hydrogen (secondary N) is 1. The molecule has 1 aromatic heterocycles. The molecule has 84 valence electrons. The predicted octanol–water partition coefficient (Wildman–Crippen LogP) is 2.88. The van der Waals surface area contributed by atoms with Crippen molar-refractivity contribution in [2.45, 2.75) is 26.3 Å². The zero-order chi connectivity index (χ0) is 10.9. The highest BCUT2D eigenvalue weighted by Gasteiger charge is 2.03. The van der Waals surface area contributed by atoms with Crippen LogP contribution >= 0.6 is 11.8 Å². The summed E-state index contributed by atoms with van der Waals surface area (Å²) in [5.74, 6) is 2.47. The Hall–Kier alpha value is -0.540. The fourth-order valence-corrected chi connectivity index (χ4v) is 2.01. The van der Waals surface area contributed by atoms with Crippen LogP contribution < -0.4 is 5.32 Å². The summed E-state index contributed by atoms with van der Waals surface area (Å²) in [6.45, 7) is 5.44. The van der Waals surface area contributed by atoms with Gasteiger partial charge in [0.15, 0.2) is 0 Å². The smallest absolute Gasteiger partial charge is 0.0570 e. The molecule has 2 nitrogen and oxygen atoms in total. The van der Waals surface area contributed by atoms with Crippen LogP contribution in [-0.4, -0.2) is 23.0 Å². The third-order valence-corrected chi connectivity index (χ3v) is 3.24. The number of nitrogens with zero attached hydrogens (tertiary/aromatic N) is 1. The Morgan fingerprint density at radius 2 is 2.33 bits per heavy atom. The van der Waals surface area contributed by atoms with Gasteiger partial charge in [-0.2, -0.15) is 11.8 Å². The Bertz CT molecular complexity index is 251. The topological polar surface area (TPSA) is 24.9 Å². The summed E-state index contributed by atoms with van der Waals surface area (Å²) in [6, 6.07) is 6.41. The van der Waals surface area contributed by atoms with Crippen LogP contribution in [0.5, 0.6) is 0 Å². The van der Waals surface area contributed by atoms with Crippen molar-refractivity contribution >= 4 is 11.8 Å². The molecule has 1 rings (SSSR count). The maximum absolute atomic E-state index is 4.33. The van der Waals surface area contributed by atoms with E-state index in [2.05, 4.69) is 30.2 Å². The summed E-state index contributed by atoms with van der Waals surface area (Å²) in [7, 11) is 0. The quantitative estimate of drug-likeness (QED) is 0.721. The minimum atomic E-state index is 0.359. The average Bonchev–Trinajstić information content (AvgIpc) is 2.30. The summed E-state index contributed by atoms with van der Waals surface area (Å²) < 4.78 is 0. The molecule has 0 unspecified atom stereocenters. The van der Waals surface area contributed by atoms with Crippen molar-refractivity contribution in [1.29, 1.82) is 0 Å². The monoisotopic (exact) mass is 224 g/mol. The summed E-state index contributed by atoms with van der Waals surface area (Å²) in [6.07, 6.45) is 3.08. The SMILES string of the molecule is CCSCCCN[C@H](C)c1ccccn1. The lowest BCUT2D eigenvalue weighted by Gasteiger charge is -2.12. The van der Waals surface area contributed by atoms with Gasteiger partial charge in [0.25, 0.3) is 0 Å². The number of pyridine rings is 1. The minimum absolute atomic E-state index is 0.359. The first-order chi connectivity index (χ1) is 7.34. The number of hydrogen-bond donors (Lipinski definition) is 1. The maximum Gasteiger partial charge on any atom is 0.0570 e. The van der Waals surface area contributed by atoms with Gasteiger partial charge in [-0.15, -0.1) is 0 Å². The van der Waals surface area contributed by atoms with E-state index < -0.39 is 0 Å². The minimum Gasteiger partial charge on any atom is -0.309 e. The second-order valence-corrected chi connectivity index (χ2v) is 4.87. The van der Waals surface area contributed by atoms with Crippen molar-refractivity contribution in [2.75, 3.05) is 18.1 Å². The number of aromatic nitrogens is 1. The lowest BCUT2D eigenvalue weighted by molar-refractivity contribution is 0.560. The molecule has 0 amide bonds. The normalized spacial score (nSPS) is 12.7. The van der Waals surface area contributed by atoms with E-state index in [0.29, 0.717) is 6.04 Å². The van der Waals surface area contributed by atoms with Crippen molar-refractivity contribution in [1.82, 2.24) is 10.3 Å². The molecular weight excluding hydrogens is 204 g/mol. The van der Waals surface area contributed by atoms with Crippen LogP contribution in [-0.2, 0) is 0 Å². The van der Waals surface area contributed by atoms with Gasteiger partial charge in [-0.05, 0) is 43.5 Å². The Balaban J connectivity index is 2.16. The molecule has 1 N–H and O–H groups in total. The Labute approximate surface area is 96.9 Å². The van der Waals surface area contributed by atoms with Crippen LogP contribution in [0.4, 0.5) is 0 Å². The molecule has 1 aromatic rings. The number of rotatable bonds is 7. The molecule has 0 aliphatic carbocycles. The lowest BCUT2D eigenvalue weighted by Crippen LogP contribution is -2.21. The molecule has 0 saturated heterocycles. The van der Waals surface area contributed by atoms with E-state index in [1.54, 1.807) is 0 Å². The molecule has 0 fully saturated rings. The molecule has 0 aromatic carbocycles. The van der Waals surface area contributed by atoms with Gasteiger partial charge in [0, 0.05) is 12.2 Å². The first-order valence-corrected chi connectivity index (χ1v) is 6.72. The molecule has 3 heteroatoms. The largest absolute Gasteiger partial charge is 0.309 e. The predicted molar refractivity (Wildman–Crippen MR) is 68.3 cm³/mol. The van der Waals surface area contributed by atoms with Crippen LogP contribution in [0.1, 0.15) is 32.0 Å². The summed E-state index contributed by atoms with van der Waals surface area (Å²) >= 11 is 2.00. The highest BCUT2D eigenvalue weighted by Crippen LogP contribution is 2.08. The standard InChI is InChI=1S/C12H20N2S/c1-3-15-10-6-9-13-11(2)12-7-4-5-8-14-12/h4-5,7-8,11,13H,3,6,9-10H2,1-2H3/t11-/m1/s1. The van der Waals surface area contributed by atoms with Gasteiger partial charge < -0.3 is 5.32 Å². The fourth-order valence-electron chi connectivity index (χ4n) is 1.37. The lowest BCUT2D eigenvalue weighted by atomic mass is 10.2. The Kier molecular flexibility index (Phi) is 6.44. The van der Waals surface area contributed by atoms with E-state index in [1.165, 1.54) is 17.9 Å². The first-order valence-electron chi connectivity index (χ1n) is 5.56. The average molecular weight is 224 g/mol. The van der Waals surface area contributed by atoms with E-state index in [9.17, 15) is 0 Å². The van der Waals surface area contributed by atoms with Crippen molar-refractivity contribution < 1.29 is 0 Å². The van der Waals surface area contributed by atoms with Crippen LogP contribution in [0, 0.1) is 0 Å².